The van der Waals surface area contributed by atoms with E-state index in [1.807, 2.05) is 30.2 Å². The molecule has 0 saturated carbocycles. The number of anilines is 2. The lowest BCUT2D eigenvalue weighted by Gasteiger charge is -2.40. The molecule has 2 N–H and O–H groups in total. The summed E-state index contributed by atoms with van der Waals surface area (Å²) in [4.78, 5) is 16.8. The van der Waals surface area contributed by atoms with Crippen molar-refractivity contribution >= 4 is 23.0 Å². The van der Waals surface area contributed by atoms with Crippen LogP contribution in [0, 0.1) is 12.3 Å². The molecule has 2 aliphatic heterocycles. The fourth-order valence-corrected chi connectivity index (χ4v) is 4.86. The Morgan fingerprint density at radius 2 is 1.87 bits per heavy atom. The second kappa shape index (κ2) is 7.36. The molecule has 2 aliphatic rings. The summed E-state index contributed by atoms with van der Waals surface area (Å²) >= 11 is 0. The molecular formula is C23H35N5O2. The summed E-state index contributed by atoms with van der Waals surface area (Å²) in [6.07, 6.45) is 3.90. The Kier molecular flexibility index (Phi) is 5.11. The Hall–Kier alpha value is -2.44. The van der Waals surface area contributed by atoms with Gasteiger partial charge in [-0.25, -0.2) is 9.31 Å². The largest absolute Gasteiger partial charge is 0.444 e. The Labute approximate surface area is 179 Å². The van der Waals surface area contributed by atoms with Gasteiger partial charge in [0, 0.05) is 37.6 Å². The lowest BCUT2D eigenvalue weighted by molar-refractivity contribution is 0.0266. The van der Waals surface area contributed by atoms with Crippen molar-refractivity contribution in [1.29, 1.82) is 0 Å². The number of nitrogens with two attached hydrogens (primary N) is 1. The highest BCUT2D eigenvalue weighted by atomic mass is 16.6. The molecule has 0 radical (unpaired) electrons. The van der Waals surface area contributed by atoms with E-state index < -0.39 is 5.60 Å². The van der Waals surface area contributed by atoms with Gasteiger partial charge in [0.25, 0.3) is 0 Å². The number of nitrogen functional groups attached to an aromatic ring is 1. The van der Waals surface area contributed by atoms with E-state index in [0.29, 0.717) is 0 Å². The number of carbonyl (C=O) groups is 1. The number of nitrogens with zero attached hydrogens (tertiary/aromatic N) is 4. The molecule has 2 fully saturated rings. The van der Waals surface area contributed by atoms with Gasteiger partial charge >= 0.3 is 6.09 Å². The molecule has 1 spiro atoms. The van der Waals surface area contributed by atoms with Crippen molar-refractivity contribution in [2.75, 3.05) is 36.8 Å². The van der Waals surface area contributed by atoms with Crippen LogP contribution in [-0.4, -0.2) is 52.4 Å². The lowest BCUT2D eigenvalue weighted by Crippen LogP contribution is -2.43. The van der Waals surface area contributed by atoms with Crippen molar-refractivity contribution < 1.29 is 9.53 Å². The van der Waals surface area contributed by atoms with Crippen molar-refractivity contribution in [2.24, 2.45) is 5.41 Å². The molecule has 4 rings (SSSR count). The Morgan fingerprint density at radius 3 is 2.50 bits per heavy atom. The Bertz CT molecular complexity index is 951. The smallest absolute Gasteiger partial charge is 0.410 e. The second-order valence-electron chi connectivity index (χ2n) is 10.0. The Balaban J connectivity index is 1.45. The molecule has 0 aromatic carbocycles. The third-order valence-electron chi connectivity index (χ3n) is 6.63. The molecule has 0 atom stereocenters. The van der Waals surface area contributed by atoms with E-state index in [-0.39, 0.29) is 11.5 Å². The molecule has 2 aromatic rings. The van der Waals surface area contributed by atoms with Crippen molar-refractivity contribution in [3.63, 3.8) is 0 Å². The molecule has 30 heavy (non-hydrogen) atoms. The van der Waals surface area contributed by atoms with Crippen molar-refractivity contribution in [1.82, 2.24) is 14.5 Å². The van der Waals surface area contributed by atoms with E-state index in [4.69, 9.17) is 10.5 Å². The zero-order valence-electron chi connectivity index (χ0n) is 19.0. The summed E-state index contributed by atoms with van der Waals surface area (Å²) in [5, 5.41) is 4.65. The summed E-state index contributed by atoms with van der Waals surface area (Å²) in [6, 6.07) is 4.38. The topological polar surface area (TPSA) is 76.1 Å². The molecule has 2 saturated heterocycles. The van der Waals surface area contributed by atoms with Gasteiger partial charge in [-0.1, -0.05) is 6.92 Å². The predicted molar refractivity (Wildman–Crippen MR) is 120 cm³/mol. The maximum Gasteiger partial charge on any atom is 0.410 e. The number of pyridine rings is 1. The highest BCUT2D eigenvalue weighted by Gasteiger charge is 2.43. The second-order valence-corrected chi connectivity index (χ2v) is 10.0. The summed E-state index contributed by atoms with van der Waals surface area (Å²) in [5.74, 6) is 0. The van der Waals surface area contributed by atoms with E-state index in [1.165, 1.54) is 5.69 Å². The molecule has 4 heterocycles. The van der Waals surface area contributed by atoms with Crippen LogP contribution in [0.2, 0.25) is 0 Å². The number of aryl methyl sites for hydroxylation is 2. The number of rotatable bonds is 2. The first kappa shape index (κ1) is 20.8. The van der Waals surface area contributed by atoms with Crippen LogP contribution < -0.4 is 10.6 Å². The number of fused-ring (bicyclic) bond motifs is 1. The maximum atomic E-state index is 12.5. The van der Waals surface area contributed by atoms with Gasteiger partial charge in [-0.15, -0.1) is 0 Å². The van der Waals surface area contributed by atoms with Gasteiger partial charge in [-0.05, 0) is 70.9 Å². The summed E-state index contributed by atoms with van der Waals surface area (Å²) in [5.41, 5.74) is 11.2. The van der Waals surface area contributed by atoms with Crippen LogP contribution in [0.3, 0.4) is 0 Å². The third-order valence-corrected chi connectivity index (χ3v) is 6.63. The van der Waals surface area contributed by atoms with Crippen LogP contribution in [0.25, 0.3) is 5.52 Å². The van der Waals surface area contributed by atoms with Gasteiger partial charge in [0.05, 0.1) is 16.9 Å². The number of hydrogen-bond acceptors (Lipinski definition) is 5. The van der Waals surface area contributed by atoms with Crippen molar-refractivity contribution in [2.45, 2.75) is 65.9 Å². The Morgan fingerprint density at radius 1 is 1.20 bits per heavy atom. The van der Waals surface area contributed by atoms with Gasteiger partial charge in [-0.2, -0.15) is 5.10 Å². The number of amides is 1. The van der Waals surface area contributed by atoms with Crippen molar-refractivity contribution in [3.05, 3.63) is 23.5 Å². The van der Waals surface area contributed by atoms with Gasteiger partial charge in [0.15, 0.2) is 0 Å². The molecule has 0 aliphatic carbocycles. The van der Waals surface area contributed by atoms with Gasteiger partial charge in [0.1, 0.15) is 5.60 Å². The summed E-state index contributed by atoms with van der Waals surface area (Å²) < 4.78 is 7.54. The highest BCUT2D eigenvalue weighted by molar-refractivity contribution is 5.76. The van der Waals surface area contributed by atoms with Crippen molar-refractivity contribution in [3.8, 4) is 0 Å². The van der Waals surface area contributed by atoms with Crippen LogP contribution in [0.5, 0.6) is 0 Å². The van der Waals surface area contributed by atoms with E-state index in [0.717, 1.165) is 74.5 Å². The number of ether oxygens (including phenoxy) is 1. The number of piperidine rings is 1. The van der Waals surface area contributed by atoms with E-state index in [2.05, 4.69) is 36.0 Å². The normalized spacial score (nSPS) is 19.1. The van der Waals surface area contributed by atoms with E-state index in [9.17, 15) is 4.79 Å². The number of likely N-dealkylation sites (tertiary alicyclic amines) is 1. The lowest BCUT2D eigenvalue weighted by atomic mass is 9.77. The molecule has 1 amide bonds. The molecule has 2 aromatic heterocycles. The number of carbonyl (C=O) groups excluding carboxylic acids is 1. The number of aromatic nitrogens is 2. The molecule has 0 unspecified atom stereocenters. The first-order valence-corrected chi connectivity index (χ1v) is 11.1. The minimum atomic E-state index is -0.445. The standard InChI is InChI=1S/C23H35N5O2/c1-6-18-20(24)19-14-17(13-16(2)28(19)25-18)26-10-7-23(8-11-26)9-12-27(15-23)21(29)30-22(3,4)5/h13-14H,6-12,15,24H2,1-5H3. The molecule has 7 nitrogen and oxygen atoms in total. The van der Waals surface area contributed by atoms with Crippen LogP contribution in [0.1, 0.15) is 58.3 Å². The summed E-state index contributed by atoms with van der Waals surface area (Å²) in [6.45, 7) is 13.5. The van der Waals surface area contributed by atoms with Gasteiger partial charge < -0.3 is 20.3 Å². The van der Waals surface area contributed by atoms with E-state index >= 15 is 0 Å². The zero-order valence-corrected chi connectivity index (χ0v) is 19.0. The third kappa shape index (κ3) is 3.82. The zero-order chi connectivity index (χ0) is 21.7. The first-order chi connectivity index (χ1) is 14.1. The number of hydrogen-bond donors (Lipinski definition) is 1. The van der Waals surface area contributed by atoms with Gasteiger partial charge in [-0.3, -0.25) is 0 Å². The van der Waals surface area contributed by atoms with E-state index in [1.54, 1.807) is 0 Å². The molecule has 0 bridgehead atoms. The first-order valence-electron chi connectivity index (χ1n) is 11.1. The fourth-order valence-electron chi connectivity index (χ4n) is 4.86. The monoisotopic (exact) mass is 413 g/mol. The summed E-state index contributed by atoms with van der Waals surface area (Å²) in [7, 11) is 0. The SMILES string of the molecule is CCc1nn2c(C)cc(N3CCC4(CCN(C(=O)OC(C)(C)C)C4)CC3)cc2c1N. The average Bonchev–Trinajstić information content (AvgIpc) is 3.23. The average molecular weight is 414 g/mol. The molecule has 164 valence electrons. The van der Waals surface area contributed by atoms with Gasteiger partial charge in [0.2, 0.25) is 0 Å². The highest BCUT2D eigenvalue weighted by Crippen LogP contribution is 2.42. The quantitative estimate of drug-likeness (QED) is 0.805. The van der Waals surface area contributed by atoms with Crippen LogP contribution in [0.15, 0.2) is 12.1 Å². The molecule has 7 heteroatoms. The van der Waals surface area contributed by atoms with Crippen LogP contribution >= 0.6 is 0 Å². The maximum absolute atomic E-state index is 12.5. The predicted octanol–water partition coefficient (Wildman–Crippen LogP) is 4.01. The minimum Gasteiger partial charge on any atom is -0.444 e. The molecular weight excluding hydrogens is 378 g/mol. The van der Waals surface area contributed by atoms with Crippen LogP contribution in [-0.2, 0) is 11.2 Å². The fraction of sp³-hybridized carbons (Fsp3) is 0.652. The van der Waals surface area contributed by atoms with Crippen LogP contribution in [0.4, 0.5) is 16.2 Å². The minimum absolute atomic E-state index is 0.175.